The number of aromatic nitrogens is 1. The van der Waals surface area contributed by atoms with E-state index in [1.54, 1.807) is 36.6 Å². The zero-order valence-corrected chi connectivity index (χ0v) is 11.7. The van der Waals surface area contributed by atoms with Crippen molar-refractivity contribution >= 4 is 28.6 Å². The van der Waals surface area contributed by atoms with Gasteiger partial charge in [-0.2, -0.15) is 0 Å². The van der Waals surface area contributed by atoms with Crippen LogP contribution in [0.2, 0.25) is 0 Å². The highest BCUT2D eigenvalue weighted by Crippen LogP contribution is 2.20. The average Bonchev–Trinajstić information content (AvgIpc) is 2.81. The fourth-order valence-electron chi connectivity index (χ4n) is 1.72. The minimum atomic E-state index is -0.142. The van der Waals surface area contributed by atoms with Crippen LogP contribution in [0.1, 0.15) is 21.1 Å². The van der Waals surface area contributed by atoms with Crippen LogP contribution < -0.4 is 16.4 Å². The topological polar surface area (TPSA) is 80.0 Å². The van der Waals surface area contributed by atoms with Gasteiger partial charge < -0.3 is 16.4 Å². The molecule has 0 radical (unpaired) electrons. The quantitative estimate of drug-likeness (QED) is 0.746. The average molecular weight is 276 g/mol. The summed E-state index contributed by atoms with van der Waals surface area (Å²) in [5, 5.41) is 8.83. The lowest BCUT2D eigenvalue weighted by atomic mass is 10.1. The first-order valence-corrected chi connectivity index (χ1v) is 6.74. The number of nitrogens with zero attached hydrogens (tertiary/aromatic N) is 1. The maximum Gasteiger partial charge on any atom is 0.253 e. The molecule has 0 saturated carbocycles. The monoisotopic (exact) mass is 276 g/mol. The Labute approximate surface area is 115 Å². The Morgan fingerprint density at radius 1 is 1.47 bits per heavy atom. The summed E-state index contributed by atoms with van der Waals surface area (Å²) in [6.07, 6.45) is 0. The Balaban J connectivity index is 2.18. The summed E-state index contributed by atoms with van der Waals surface area (Å²) >= 11 is 1.60. The number of amides is 1. The summed E-state index contributed by atoms with van der Waals surface area (Å²) in [6.45, 7) is 2.53. The van der Waals surface area contributed by atoms with E-state index < -0.39 is 0 Å². The van der Waals surface area contributed by atoms with Crippen molar-refractivity contribution in [2.75, 3.05) is 18.1 Å². The van der Waals surface area contributed by atoms with Crippen LogP contribution in [0.4, 0.5) is 11.4 Å². The molecule has 0 saturated heterocycles. The molecule has 1 amide bonds. The number of nitrogen functional groups attached to an aromatic ring is 1. The Kier molecular flexibility index (Phi) is 4.01. The van der Waals surface area contributed by atoms with Crippen LogP contribution in [0.25, 0.3) is 0 Å². The van der Waals surface area contributed by atoms with Gasteiger partial charge in [0, 0.05) is 23.8 Å². The first kappa shape index (κ1) is 13.4. The van der Waals surface area contributed by atoms with Crippen molar-refractivity contribution in [3.63, 3.8) is 0 Å². The Morgan fingerprint density at radius 2 is 2.26 bits per heavy atom. The van der Waals surface area contributed by atoms with Gasteiger partial charge in [-0.05, 0) is 25.1 Å². The molecule has 1 aromatic carbocycles. The normalized spacial score (nSPS) is 10.2. The molecule has 5 nitrogen and oxygen atoms in total. The van der Waals surface area contributed by atoms with E-state index in [0.29, 0.717) is 23.5 Å². The predicted octanol–water partition coefficient (Wildman–Crippen LogP) is 2.01. The molecule has 100 valence electrons. The SMILES string of the molecule is CNC(=O)c1ccc(N)cc1NCc1csc(C)n1. The van der Waals surface area contributed by atoms with Crippen molar-refractivity contribution in [2.24, 2.45) is 0 Å². The molecule has 0 aliphatic carbocycles. The second-order valence-electron chi connectivity index (χ2n) is 4.10. The number of benzene rings is 1. The first-order valence-electron chi connectivity index (χ1n) is 5.86. The molecule has 0 atom stereocenters. The zero-order valence-electron chi connectivity index (χ0n) is 10.9. The molecule has 6 heteroatoms. The number of thiazole rings is 1. The number of hydrogen-bond acceptors (Lipinski definition) is 5. The summed E-state index contributed by atoms with van der Waals surface area (Å²) in [6, 6.07) is 5.18. The maximum atomic E-state index is 11.8. The summed E-state index contributed by atoms with van der Waals surface area (Å²) < 4.78 is 0. The van der Waals surface area contributed by atoms with E-state index in [2.05, 4.69) is 15.6 Å². The number of nitrogens with two attached hydrogens (primary N) is 1. The molecule has 19 heavy (non-hydrogen) atoms. The second kappa shape index (κ2) is 5.71. The number of carbonyl (C=O) groups excluding carboxylic acids is 1. The fraction of sp³-hybridized carbons (Fsp3) is 0.231. The van der Waals surface area contributed by atoms with Crippen LogP contribution in [-0.2, 0) is 6.54 Å². The van der Waals surface area contributed by atoms with Crippen LogP contribution in [-0.4, -0.2) is 17.9 Å². The molecule has 0 unspecified atom stereocenters. The highest BCUT2D eigenvalue weighted by Gasteiger charge is 2.10. The van der Waals surface area contributed by atoms with Crippen LogP contribution in [0.3, 0.4) is 0 Å². The van der Waals surface area contributed by atoms with E-state index in [-0.39, 0.29) is 5.91 Å². The lowest BCUT2D eigenvalue weighted by molar-refractivity contribution is 0.0964. The van der Waals surface area contributed by atoms with Crippen molar-refractivity contribution in [2.45, 2.75) is 13.5 Å². The van der Waals surface area contributed by atoms with Gasteiger partial charge in [-0.1, -0.05) is 0 Å². The Morgan fingerprint density at radius 3 is 2.89 bits per heavy atom. The third-order valence-corrected chi connectivity index (χ3v) is 3.46. The van der Waals surface area contributed by atoms with Crippen molar-refractivity contribution in [1.82, 2.24) is 10.3 Å². The van der Waals surface area contributed by atoms with Gasteiger partial charge >= 0.3 is 0 Å². The zero-order chi connectivity index (χ0) is 13.8. The predicted molar refractivity (Wildman–Crippen MR) is 78.4 cm³/mol. The third kappa shape index (κ3) is 3.23. The molecule has 2 aromatic rings. The number of anilines is 2. The Hall–Kier alpha value is -2.08. The molecule has 1 heterocycles. The highest BCUT2D eigenvalue weighted by atomic mass is 32.1. The fourth-order valence-corrected chi connectivity index (χ4v) is 2.33. The van der Waals surface area contributed by atoms with Gasteiger partial charge in [0.05, 0.1) is 22.8 Å². The summed E-state index contributed by atoms with van der Waals surface area (Å²) in [5.41, 5.74) is 8.61. The van der Waals surface area contributed by atoms with Gasteiger partial charge in [0.2, 0.25) is 0 Å². The van der Waals surface area contributed by atoms with Crippen LogP contribution >= 0.6 is 11.3 Å². The van der Waals surface area contributed by atoms with Crippen molar-refractivity contribution < 1.29 is 4.79 Å². The largest absolute Gasteiger partial charge is 0.399 e. The van der Waals surface area contributed by atoms with Gasteiger partial charge in [-0.3, -0.25) is 4.79 Å². The molecule has 0 bridgehead atoms. The minimum absolute atomic E-state index is 0.142. The summed E-state index contributed by atoms with van der Waals surface area (Å²) in [4.78, 5) is 16.1. The highest BCUT2D eigenvalue weighted by molar-refractivity contribution is 7.09. The van der Waals surface area contributed by atoms with Gasteiger partial charge in [0.25, 0.3) is 5.91 Å². The van der Waals surface area contributed by atoms with E-state index in [1.807, 2.05) is 12.3 Å². The molecule has 1 aromatic heterocycles. The van der Waals surface area contributed by atoms with Gasteiger partial charge in [-0.15, -0.1) is 11.3 Å². The van der Waals surface area contributed by atoms with E-state index in [9.17, 15) is 4.79 Å². The number of nitrogens with one attached hydrogen (secondary N) is 2. The number of carbonyl (C=O) groups is 1. The molecule has 0 spiro atoms. The molecular formula is C13H16N4OS. The van der Waals surface area contributed by atoms with E-state index in [1.165, 1.54) is 0 Å². The summed E-state index contributed by atoms with van der Waals surface area (Å²) in [5.74, 6) is -0.142. The smallest absolute Gasteiger partial charge is 0.253 e. The van der Waals surface area contributed by atoms with Crippen LogP contribution in [0.15, 0.2) is 23.6 Å². The Bertz CT molecular complexity index is 594. The van der Waals surface area contributed by atoms with Gasteiger partial charge in [-0.25, -0.2) is 4.98 Å². The number of hydrogen-bond donors (Lipinski definition) is 3. The lowest BCUT2D eigenvalue weighted by Crippen LogP contribution is -2.19. The number of rotatable bonds is 4. The van der Waals surface area contributed by atoms with Gasteiger partial charge in [0.1, 0.15) is 0 Å². The molecular weight excluding hydrogens is 260 g/mol. The summed E-state index contributed by atoms with van der Waals surface area (Å²) in [7, 11) is 1.60. The van der Waals surface area contributed by atoms with Gasteiger partial charge in [0.15, 0.2) is 0 Å². The van der Waals surface area contributed by atoms with E-state index in [0.717, 1.165) is 10.7 Å². The van der Waals surface area contributed by atoms with Crippen molar-refractivity contribution in [1.29, 1.82) is 0 Å². The molecule has 0 fully saturated rings. The number of aryl methyl sites for hydroxylation is 1. The minimum Gasteiger partial charge on any atom is -0.399 e. The standard InChI is InChI=1S/C13H16N4OS/c1-8-17-10(7-19-8)6-16-12-5-9(14)3-4-11(12)13(18)15-2/h3-5,7,16H,6,14H2,1-2H3,(H,15,18). The first-order chi connectivity index (χ1) is 9.10. The van der Waals surface area contributed by atoms with Crippen LogP contribution in [0, 0.1) is 6.92 Å². The van der Waals surface area contributed by atoms with Crippen LogP contribution in [0.5, 0.6) is 0 Å². The third-order valence-electron chi connectivity index (χ3n) is 2.64. The molecule has 4 N–H and O–H groups in total. The van der Waals surface area contributed by atoms with E-state index >= 15 is 0 Å². The molecule has 0 aliphatic heterocycles. The molecule has 0 aliphatic rings. The van der Waals surface area contributed by atoms with E-state index in [4.69, 9.17) is 5.73 Å². The molecule has 2 rings (SSSR count). The maximum absolute atomic E-state index is 11.8. The second-order valence-corrected chi connectivity index (χ2v) is 5.16. The van der Waals surface area contributed by atoms with Crippen molar-refractivity contribution in [3.05, 3.63) is 39.8 Å². The lowest BCUT2D eigenvalue weighted by Gasteiger charge is -2.11. The van der Waals surface area contributed by atoms with Crippen molar-refractivity contribution in [3.8, 4) is 0 Å².